The van der Waals surface area contributed by atoms with Crippen LogP contribution in [-0.2, 0) is 5.41 Å². The van der Waals surface area contributed by atoms with Gasteiger partial charge in [-0.3, -0.25) is 0 Å². The molecule has 0 unspecified atom stereocenters. The Morgan fingerprint density at radius 3 is 1.70 bits per heavy atom. The Morgan fingerprint density at radius 1 is 0.512 bits per heavy atom. The zero-order valence-corrected chi connectivity index (χ0v) is 23.4. The third kappa shape index (κ3) is 2.79. The van der Waals surface area contributed by atoms with Gasteiger partial charge in [0, 0.05) is 16.7 Å². The smallest absolute Gasteiger partial charge is 0.261 e. The minimum absolute atomic E-state index is 0.0406. The van der Waals surface area contributed by atoms with Crippen molar-refractivity contribution in [3.05, 3.63) is 124 Å². The minimum Gasteiger partial charge on any atom is -0.457 e. The number of rotatable bonds is 1. The largest absolute Gasteiger partial charge is 0.457 e. The molecule has 0 N–H and O–H groups in total. The van der Waals surface area contributed by atoms with E-state index in [1.165, 1.54) is 14.6 Å². The number of halogens is 2. The second-order valence-corrected chi connectivity index (χ2v) is 11.1. The second kappa shape index (κ2) is 7.94. The predicted molar refractivity (Wildman–Crippen MR) is 159 cm³/mol. The average molecular weight is 600 g/mol. The third-order valence-corrected chi connectivity index (χ3v) is 8.72. The molecule has 5 heterocycles. The molecule has 4 aromatic carbocycles. The predicted octanol–water partition coefficient (Wildman–Crippen LogP) is 6.26. The Kier molecular flexibility index (Phi) is 4.30. The van der Waals surface area contributed by atoms with Crippen LogP contribution in [0, 0.1) is 0 Å². The molecule has 204 valence electrons. The normalized spacial score (nSPS) is 14.2. The van der Waals surface area contributed by atoms with Gasteiger partial charge in [-0.2, -0.15) is 28.5 Å². The quantitative estimate of drug-likeness (QED) is 0.219. The number of para-hydroxylation sites is 2. The summed E-state index contributed by atoms with van der Waals surface area (Å²) in [6.45, 7) is 0. The van der Waals surface area contributed by atoms with Crippen LogP contribution in [0.4, 0.5) is 0 Å². The van der Waals surface area contributed by atoms with E-state index in [1.807, 2.05) is 30.3 Å². The van der Waals surface area contributed by atoms with E-state index >= 15 is 0 Å². The summed E-state index contributed by atoms with van der Waals surface area (Å²) in [4.78, 5) is 13.6. The number of ether oxygens (including phenoxy) is 1. The van der Waals surface area contributed by atoms with Crippen LogP contribution >= 0.6 is 23.2 Å². The molecule has 12 heteroatoms. The first-order valence-electron chi connectivity index (χ1n) is 13.5. The van der Waals surface area contributed by atoms with Crippen LogP contribution < -0.4 is 4.74 Å². The van der Waals surface area contributed by atoms with E-state index in [0.29, 0.717) is 23.2 Å². The molecule has 4 aromatic heterocycles. The fourth-order valence-electron chi connectivity index (χ4n) is 6.88. The van der Waals surface area contributed by atoms with Crippen molar-refractivity contribution in [3.8, 4) is 34.0 Å². The molecule has 10 nitrogen and oxygen atoms in total. The van der Waals surface area contributed by atoms with Crippen molar-refractivity contribution in [2.75, 3.05) is 0 Å². The van der Waals surface area contributed by atoms with Crippen LogP contribution in [0.15, 0.2) is 91.0 Å². The van der Waals surface area contributed by atoms with Crippen molar-refractivity contribution in [2.24, 2.45) is 0 Å². The van der Waals surface area contributed by atoms with Crippen LogP contribution in [0.3, 0.4) is 0 Å². The van der Waals surface area contributed by atoms with Crippen molar-refractivity contribution in [1.29, 1.82) is 0 Å². The highest BCUT2D eigenvalue weighted by molar-refractivity contribution is 6.28. The fourth-order valence-corrected chi connectivity index (χ4v) is 7.18. The van der Waals surface area contributed by atoms with Crippen molar-refractivity contribution in [2.45, 2.75) is 5.41 Å². The lowest BCUT2D eigenvalue weighted by molar-refractivity contribution is 0.436. The molecule has 8 aromatic rings. The van der Waals surface area contributed by atoms with Gasteiger partial charge in [-0.15, -0.1) is 15.3 Å². The maximum atomic E-state index is 6.45. The number of hydrogen-bond acceptors (Lipinski definition) is 7. The summed E-state index contributed by atoms with van der Waals surface area (Å²) in [5.41, 5.74) is 6.85. The van der Waals surface area contributed by atoms with Crippen molar-refractivity contribution in [3.63, 3.8) is 0 Å². The van der Waals surface area contributed by atoms with Crippen molar-refractivity contribution >= 4 is 40.5 Å². The van der Waals surface area contributed by atoms with Crippen LogP contribution in [-0.4, -0.2) is 43.8 Å². The Labute approximate surface area is 251 Å². The molecule has 1 aliphatic heterocycles. The van der Waals surface area contributed by atoms with Gasteiger partial charge in [-0.1, -0.05) is 78.9 Å². The van der Waals surface area contributed by atoms with E-state index in [2.05, 4.69) is 80.8 Å². The van der Waals surface area contributed by atoms with E-state index in [4.69, 9.17) is 38.0 Å². The lowest BCUT2D eigenvalue weighted by atomic mass is 9.66. The maximum absolute atomic E-state index is 6.45. The number of hydrogen-bond donors (Lipinski definition) is 0. The van der Waals surface area contributed by atoms with Gasteiger partial charge in [0.1, 0.15) is 11.5 Å². The molecule has 43 heavy (non-hydrogen) atoms. The Hall–Kier alpha value is -5.32. The number of fused-ring (bicyclic) bond motifs is 15. The molecule has 1 spiro atoms. The topological polar surface area (TPSA) is 99.8 Å². The molecule has 0 saturated carbocycles. The number of benzene rings is 4. The lowest BCUT2D eigenvalue weighted by Gasteiger charge is -2.39. The van der Waals surface area contributed by atoms with Crippen LogP contribution in [0.2, 0.25) is 10.6 Å². The summed E-state index contributed by atoms with van der Waals surface area (Å²) in [6, 6.07) is 31.3. The second-order valence-electron chi connectivity index (χ2n) is 10.5. The molecule has 0 amide bonds. The molecule has 0 bridgehead atoms. The van der Waals surface area contributed by atoms with Gasteiger partial charge in [0.15, 0.2) is 5.82 Å². The molecule has 0 saturated heterocycles. The highest BCUT2D eigenvalue weighted by atomic mass is 35.5. The molecule has 0 atom stereocenters. The van der Waals surface area contributed by atoms with Crippen LogP contribution in [0.5, 0.6) is 11.5 Å². The van der Waals surface area contributed by atoms with E-state index in [0.717, 1.165) is 44.9 Å². The third-order valence-electron chi connectivity index (χ3n) is 8.40. The van der Waals surface area contributed by atoms with Gasteiger partial charge >= 0.3 is 0 Å². The fraction of sp³-hybridized carbons (Fsp3) is 0.0323. The molecule has 1 aliphatic carbocycles. The maximum Gasteiger partial charge on any atom is 0.261 e. The highest BCUT2D eigenvalue weighted by Gasteiger charge is 2.51. The molecule has 0 radical (unpaired) electrons. The van der Waals surface area contributed by atoms with Gasteiger partial charge in [0.25, 0.3) is 17.3 Å². The van der Waals surface area contributed by atoms with Crippen molar-refractivity contribution in [1.82, 2.24) is 43.8 Å². The summed E-state index contributed by atoms with van der Waals surface area (Å²) in [7, 11) is 0. The SMILES string of the molecule is Clc1nc2n(n1)c1nc(Cl)nn1c1nc(-c3cccc4c3-c3ccccc3C43c4ccccc4Oc4ccccc43)nn21. The molecular formula is C31H15Cl2N9O. The minimum atomic E-state index is -0.604. The zero-order valence-electron chi connectivity index (χ0n) is 21.8. The van der Waals surface area contributed by atoms with Crippen LogP contribution in [0.25, 0.3) is 39.8 Å². The first-order chi connectivity index (χ1) is 21.1. The highest BCUT2D eigenvalue weighted by Crippen LogP contribution is 2.63. The Morgan fingerprint density at radius 2 is 1.02 bits per heavy atom. The molecule has 0 fully saturated rings. The van der Waals surface area contributed by atoms with E-state index in [-0.39, 0.29) is 10.6 Å². The lowest BCUT2D eigenvalue weighted by Crippen LogP contribution is -2.32. The zero-order chi connectivity index (χ0) is 28.4. The number of aromatic nitrogens is 9. The molecule has 2 aliphatic rings. The average Bonchev–Trinajstić information content (AvgIpc) is 3.80. The Balaban J connectivity index is 1.33. The summed E-state index contributed by atoms with van der Waals surface area (Å²) in [5, 5.41) is 13.6. The van der Waals surface area contributed by atoms with Crippen molar-refractivity contribution < 1.29 is 4.74 Å². The summed E-state index contributed by atoms with van der Waals surface area (Å²) >= 11 is 12.4. The van der Waals surface area contributed by atoms with Gasteiger partial charge in [-0.25, -0.2) is 0 Å². The first-order valence-corrected chi connectivity index (χ1v) is 14.2. The molecular weight excluding hydrogens is 585 g/mol. The van der Waals surface area contributed by atoms with E-state index < -0.39 is 5.41 Å². The standard InChI is InChI=1S/C31H15Cl2N9O/c32-26-35-29-40-28(41-30(42(29)39-26)36-27(33)38-41)34-25(37-40)17-9-7-13-21-24(17)16-8-1-2-10-18(16)31(21)19-11-3-5-14-22(19)43-23-15-6-4-12-20(23)31/h1-15H. The Bertz CT molecular complexity index is 2380. The van der Waals surface area contributed by atoms with E-state index in [1.54, 1.807) is 4.52 Å². The van der Waals surface area contributed by atoms with Crippen LogP contribution in [0.1, 0.15) is 22.3 Å². The van der Waals surface area contributed by atoms with Gasteiger partial charge < -0.3 is 4.74 Å². The van der Waals surface area contributed by atoms with E-state index in [9.17, 15) is 0 Å². The van der Waals surface area contributed by atoms with Gasteiger partial charge in [0.05, 0.1) is 5.41 Å². The summed E-state index contributed by atoms with van der Waals surface area (Å²) < 4.78 is 10.9. The monoisotopic (exact) mass is 599 g/mol. The summed E-state index contributed by atoms with van der Waals surface area (Å²) in [5.74, 6) is 3.18. The summed E-state index contributed by atoms with van der Waals surface area (Å²) in [6.07, 6.45) is 0. The molecule has 10 rings (SSSR count). The first kappa shape index (κ1) is 23.3. The van der Waals surface area contributed by atoms with Gasteiger partial charge in [-0.05, 0) is 57.6 Å². The number of nitrogens with zero attached hydrogens (tertiary/aromatic N) is 9. The van der Waals surface area contributed by atoms with Gasteiger partial charge in [0.2, 0.25) is 10.6 Å².